The molecule has 6 heteroatoms. The Morgan fingerprint density at radius 3 is 2.39 bits per heavy atom. The van der Waals surface area contributed by atoms with Gasteiger partial charge in [-0.05, 0) is 68.7 Å². The molecule has 1 aliphatic rings. The molecule has 3 aromatic carbocycles. The average Bonchev–Trinajstić information content (AvgIpc) is 3.10. The maximum Gasteiger partial charge on any atom is 0.264 e. The lowest BCUT2D eigenvalue weighted by molar-refractivity contribution is 0.0940. The number of nitrogens with one attached hydrogen (secondary N) is 1. The summed E-state index contributed by atoms with van der Waals surface area (Å²) in [5, 5.41) is 3.02. The lowest BCUT2D eigenvalue weighted by Crippen LogP contribution is -2.35. The molecule has 0 fully saturated rings. The first-order valence-electron chi connectivity index (χ1n) is 10.4. The van der Waals surface area contributed by atoms with Gasteiger partial charge in [0, 0.05) is 11.6 Å². The largest absolute Gasteiger partial charge is 0.346 e. The summed E-state index contributed by atoms with van der Waals surface area (Å²) >= 11 is 0. The Hall–Kier alpha value is -3.12. The molecule has 1 amide bonds. The zero-order valence-corrected chi connectivity index (χ0v) is 18.7. The zero-order chi connectivity index (χ0) is 22.2. The second-order valence-corrected chi connectivity index (χ2v) is 9.93. The van der Waals surface area contributed by atoms with Crippen molar-refractivity contribution in [3.8, 4) is 0 Å². The van der Waals surface area contributed by atoms with Crippen LogP contribution in [0.1, 0.15) is 46.9 Å². The molecule has 2 atom stereocenters. The molecule has 5 nitrogen and oxygen atoms in total. The van der Waals surface area contributed by atoms with Gasteiger partial charge in [-0.2, -0.15) is 0 Å². The molecule has 0 saturated carbocycles. The van der Waals surface area contributed by atoms with Gasteiger partial charge in [0.25, 0.3) is 15.9 Å². The van der Waals surface area contributed by atoms with E-state index in [4.69, 9.17) is 0 Å². The van der Waals surface area contributed by atoms with E-state index in [1.807, 2.05) is 57.2 Å². The van der Waals surface area contributed by atoms with Crippen LogP contribution in [0.25, 0.3) is 0 Å². The maximum atomic E-state index is 13.3. The maximum absolute atomic E-state index is 13.3. The minimum Gasteiger partial charge on any atom is -0.346 e. The predicted molar refractivity (Wildman–Crippen MR) is 123 cm³/mol. The third-order valence-corrected chi connectivity index (χ3v) is 7.66. The Morgan fingerprint density at radius 2 is 1.71 bits per heavy atom. The number of rotatable bonds is 5. The van der Waals surface area contributed by atoms with Crippen molar-refractivity contribution in [2.75, 3.05) is 4.31 Å². The van der Waals surface area contributed by atoms with Gasteiger partial charge in [-0.25, -0.2) is 8.42 Å². The predicted octanol–water partition coefficient (Wildman–Crippen LogP) is 4.63. The highest BCUT2D eigenvalue weighted by Crippen LogP contribution is 2.37. The molecule has 0 unspecified atom stereocenters. The molecule has 0 aromatic heterocycles. The minimum absolute atomic E-state index is 0.126. The minimum atomic E-state index is -3.67. The molecular formula is C25H26N2O3S. The van der Waals surface area contributed by atoms with E-state index in [2.05, 4.69) is 5.32 Å². The smallest absolute Gasteiger partial charge is 0.264 e. The number of carbonyl (C=O) groups excluding carboxylic acids is 1. The Morgan fingerprint density at radius 1 is 1.03 bits per heavy atom. The van der Waals surface area contributed by atoms with Gasteiger partial charge >= 0.3 is 0 Å². The van der Waals surface area contributed by atoms with E-state index < -0.39 is 10.0 Å². The number of amides is 1. The SMILES string of the molecule is Cc1ccc(S(=O)(=O)N2c3ccc(C(=O)N[C@@H](C)c4ccccc4)cc3C[C@@H]2C)cc1. The van der Waals surface area contributed by atoms with Crippen molar-refractivity contribution >= 4 is 21.6 Å². The molecule has 0 bridgehead atoms. The number of benzene rings is 3. The van der Waals surface area contributed by atoms with Gasteiger partial charge in [0.2, 0.25) is 0 Å². The first-order valence-corrected chi connectivity index (χ1v) is 11.8. The van der Waals surface area contributed by atoms with Crippen LogP contribution in [0.3, 0.4) is 0 Å². The van der Waals surface area contributed by atoms with Gasteiger partial charge in [0.1, 0.15) is 0 Å². The molecule has 1 heterocycles. The van der Waals surface area contributed by atoms with E-state index >= 15 is 0 Å². The summed E-state index contributed by atoms with van der Waals surface area (Å²) in [7, 11) is -3.67. The van der Waals surface area contributed by atoms with Crippen LogP contribution in [0.15, 0.2) is 77.7 Å². The van der Waals surface area contributed by atoms with Crippen LogP contribution in [0.5, 0.6) is 0 Å². The topological polar surface area (TPSA) is 66.5 Å². The first kappa shape index (κ1) is 21.1. The summed E-state index contributed by atoms with van der Waals surface area (Å²) in [4.78, 5) is 13.1. The van der Waals surface area contributed by atoms with E-state index in [0.717, 1.165) is 16.7 Å². The van der Waals surface area contributed by atoms with Crippen LogP contribution in [-0.2, 0) is 16.4 Å². The number of fused-ring (bicyclic) bond motifs is 1. The Bertz CT molecular complexity index is 1210. The fourth-order valence-electron chi connectivity index (χ4n) is 4.04. The van der Waals surface area contributed by atoms with Crippen LogP contribution in [0.4, 0.5) is 5.69 Å². The van der Waals surface area contributed by atoms with Crippen LogP contribution >= 0.6 is 0 Å². The number of carbonyl (C=O) groups is 1. The van der Waals surface area contributed by atoms with E-state index in [1.54, 1.807) is 36.4 Å². The van der Waals surface area contributed by atoms with Crippen molar-refractivity contribution in [2.45, 2.75) is 44.2 Å². The van der Waals surface area contributed by atoms with E-state index in [9.17, 15) is 13.2 Å². The molecule has 3 aromatic rings. The summed E-state index contributed by atoms with van der Waals surface area (Å²) in [6, 6.07) is 21.6. The molecule has 1 N–H and O–H groups in total. The van der Waals surface area contributed by atoms with Crippen LogP contribution in [0, 0.1) is 6.92 Å². The highest BCUT2D eigenvalue weighted by molar-refractivity contribution is 7.92. The van der Waals surface area contributed by atoms with Gasteiger partial charge in [0.15, 0.2) is 0 Å². The lowest BCUT2D eigenvalue weighted by atomic mass is 10.0. The van der Waals surface area contributed by atoms with Crippen molar-refractivity contribution in [3.63, 3.8) is 0 Å². The van der Waals surface area contributed by atoms with Crippen LogP contribution < -0.4 is 9.62 Å². The van der Waals surface area contributed by atoms with Gasteiger partial charge in [-0.1, -0.05) is 48.0 Å². The third-order valence-electron chi connectivity index (χ3n) is 5.72. The molecule has 0 aliphatic carbocycles. The fourth-order valence-corrected chi connectivity index (χ4v) is 5.73. The molecule has 0 radical (unpaired) electrons. The van der Waals surface area contributed by atoms with E-state index in [1.165, 1.54) is 4.31 Å². The zero-order valence-electron chi connectivity index (χ0n) is 17.9. The number of hydrogen-bond donors (Lipinski definition) is 1. The van der Waals surface area contributed by atoms with E-state index in [0.29, 0.717) is 17.7 Å². The molecular weight excluding hydrogens is 408 g/mol. The molecule has 0 spiro atoms. The summed E-state index contributed by atoms with van der Waals surface area (Å²) in [6.07, 6.45) is 0.565. The van der Waals surface area contributed by atoms with Gasteiger partial charge < -0.3 is 5.32 Å². The lowest BCUT2D eigenvalue weighted by Gasteiger charge is -2.24. The summed E-state index contributed by atoms with van der Waals surface area (Å²) < 4.78 is 28.0. The molecule has 4 rings (SSSR count). The van der Waals surface area contributed by atoms with E-state index in [-0.39, 0.29) is 22.9 Å². The first-order chi connectivity index (χ1) is 14.8. The number of aryl methyl sites for hydroxylation is 1. The van der Waals surface area contributed by atoms with Crippen molar-refractivity contribution < 1.29 is 13.2 Å². The van der Waals surface area contributed by atoms with Crippen LogP contribution in [0.2, 0.25) is 0 Å². The highest BCUT2D eigenvalue weighted by Gasteiger charge is 2.36. The van der Waals surface area contributed by atoms with Crippen molar-refractivity contribution in [1.82, 2.24) is 5.32 Å². The quantitative estimate of drug-likeness (QED) is 0.637. The van der Waals surface area contributed by atoms with Gasteiger partial charge in [0.05, 0.1) is 16.6 Å². The Labute approximate surface area is 183 Å². The van der Waals surface area contributed by atoms with Crippen molar-refractivity contribution in [2.24, 2.45) is 0 Å². The number of sulfonamides is 1. The van der Waals surface area contributed by atoms with Gasteiger partial charge in [-0.15, -0.1) is 0 Å². The Balaban J connectivity index is 1.59. The summed E-state index contributed by atoms with van der Waals surface area (Å²) in [5.41, 5.74) is 4.07. The van der Waals surface area contributed by atoms with Crippen molar-refractivity contribution in [3.05, 3.63) is 95.1 Å². The summed E-state index contributed by atoms with van der Waals surface area (Å²) in [5.74, 6) is -0.174. The van der Waals surface area contributed by atoms with Gasteiger partial charge in [-0.3, -0.25) is 9.10 Å². The second-order valence-electron chi connectivity index (χ2n) is 8.12. The molecule has 1 aliphatic heterocycles. The number of nitrogens with zero attached hydrogens (tertiary/aromatic N) is 1. The normalized spacial score (nSPS) is 16.6. The van der Waals surface area contributed by atoms with Crippen molar-refractivity contribution in [1.29, 1.82) is 0 Å². The number of hydrogen-bond acceptors (Lipinski definition) is 3. The monoisotopic (exact) mass is 434 g/mol. The standard InChI is InChI=1S/C25H26N2O3S/c1-17-9-12-23(13-10-17)31(29,30)27-18(2)15-22-16-21(11-14-24(22)27)25(28)26-19(3)20-7-5-4-6-8-20/h4-14,16,18-19H,15H2,1-3H3,(H,26,28)/t18-,19-/m0/s1. The highest BCUT2D eigenvalue weighted by atomic mass is 32.2. The average molecular weight is 435 g/mol. The number of anilines is 1. The second kappa shape index (κ2) is 8.19. The molecule has 0 saturated heterocycles. The fraction of sp³-hybridized carbons (Fsp3) is 0.240. The Kier molecular flexibility index (Phi) is 5.58. The third kappa shape index (κ3) is 4.08. The molecule has 160 valence electrons. The van der Waals surface area contributed by atoms with Crippen LogP contribution in [-0.4, -0.2) is 20.4 Å². The summed E-state index contributed by atoms with van der Waals surface area (Å²) in [6.45, 7) is 5.76. The molecule has 31 heavy (non-hydrogen) atoms.